The van der Waals surface area contributed by atoms with E-state index in [-0.39, 0.29) is 5.82 Å². The predicted octanol–water partition coefficient (Wildman–Crippen LogP) is 5.19. The molecular weight excluding hydrogens is 351 g/mol. The van der Waals surface area contributed by atoms with Gasteiger partial charge in [0.1, 0.15) is 11.6 Å². The third kappa shape index (κ3) is 2.97. The van der Waals surface area contributed by atoms with Gasteiger partial charge in [0.25, 0.3) is 0 Å². The van der Waals surface area contributed by atoms with Gasteiger partial charge in [-0.15, -0.1) is 0 Å². The second-order valence-electron chi connectivity index (χ2n) is 5.74. The number of pyridine rings is 1. The second kappa shape index (κ2) is 6.69. The van der Waals surface area contributed by atoms with Gasteiger partial charge in [-0.25, -0.2) is 14.4 Å². The van der Waals surface area contributed by atoms with Crippen molar-refractivity contribution in [3.63, 3.8) is 0 Å². The van der Waals surface area contributed by atoms with Crippen molar-refractivity contribution >= 4 is 28.3 Å². The van der Waals surface area contributed by atoms with Crippen LogP contribution in [0.15, 0.2) is 60.9 Å². The van der Waals surface area contributed by atoms with Gasteiger partial charge in [0.2, 0.25) is 0 Å². The summed E-state index contributed by atoms with van der Waals surface area (Å²) in [7, 11) is 1.80. The van der Waals surface area contributed by atoms with Crippen LogP contribution in [0.5, 0.6) is 0 Å². The fourth-order valence-electron chi connectivity index (χ4n) is 2.83. The molecule has 0 fully saturated rings. The fraction of sp³-hybridized carbons (Fsp3) is 0.0500. The van der Waals surface area contributed by atoms with Crippen LogP contribution in [0.2, 0.25) is 5.02 Å². The molecule has 2 aromatic carbocycles. The maximum atomic E-state index is 14.2. The number of anilines is 1. The lowest BCUT2D eigenvalue weighted by Gasteiger charge is -2.10. The Labute approximate surface area is 154 Å². The van der Waals surface area contributed by atoms with E-state index in [4.69, 9.17) is 11.6 Å². The van der Waals surface area contributed by atoms with Crippen LogP contribution in [-0.2, 0) is 0 Å². The molecule has 0 spiro atoms. The molecule has 0 atom stereocenters. The predicted molar refractivity (Wildman–Crippen MR) is 103 cm³/mol. The summed E-state index contributed by atoms with van der Waals surface area (Å²) in [5.74, 6) is 0.926. The molecule has 0 aliphatic rings. The molecule has 0 saturated carbocycles. The van der Waals surface area contributed by atoms with Crippen molar-refractivity contribution in [3.8, 4) is 22.5 Å². The summed E-state index contributed by atoms with van der Waals surface area (Å²) in [6.45, 7) is 0. The highest BCUT2D eigenvalue weighted by Crippen LogP contribution is 2.31. The highest BCUT2D eigenvalue weighted by atomic mass is 35.5. The van der Waals surface area contributed by atoms with E-state index in [1.165, 1.54) is 12.1 Å². The van der Waals surface area contributed by atoms with E-state index in [1.54, 1.807) is 25.5 Å². The molecule has 128 valence electrons. The van der Waals surface area contributed by atoms with Gasteiger partial charge in [-0.05, 0) is 48.0 Å². The number of fused-ring (bicyclic) bond motifs is 1. The summed E-state index contributed by atoms with van der Waals surface area (Å²) in [5.41, 5.74) is 2.66. The Hall–Kier alpha value is -3.05. The molecule has 4 rings (SSSR count). The topological polar surface area (TPSA) is 50.7 Å². The van der Waals surface area contributed by atoms with E-state index in [9.17, 15) is 4.39 Å². The first kappa shape index (κ1) is 16.4. The Bertz CT molecular complexity index is 1100. The summed E-state index contributed by atoms with van der Waals surface area (Å²) in [5, 5.41) is 4.43. The molecule has 0 aliphatic heterocycles. The number of hydrogen-bond donors (Lipinski definition) is 1. The minimum atomic E-state index is -0.330. The Kier molecular flexibility index (Phi) is 4.22. The molecule has 6 heteroatoms. The zero-order valence-electron chi connectivity index (χ0n) is 13.9. The van der Waals surface area contributed by atoms with Gasteiger partial charge in [0, 0.05) is 41.0 Å². The average Bonchev–Trinajstić information content (AvgIpc) is 2.69. The van der Waals surface area contributed by atoms with Crippen LogP contribution in [0, 0.1) is 5.82 Å². The Balaban J connectivity index is 1.93. The fourth-order valence-corrected chi connectivity index (χ4v) is 3.00. The van der Waals surface area contributed by atoms with Crippen molar-refractivity contribution in [2.24, 2.45) is 0 Å². The normalized spacial score (nSPS) is 10.9. The van der Waals surface area contributed by atoms with Crippen LogP contribution < -0.4 is 5.32 Å². The number of aromatic nitrogens is 3. The number of nitrogens with zero attached hydrogens (tertiary/aromatic N) is 3. The maximum absolute atomic E-state index is 14.2. The number of hydrogen-bond acceptors (Lipinski definition) is 4. The lowest BCUT2D eigenvalue weighted by Crippen LogP contribution is -1.99. The van der Waals surface area contributed by atoms with E-state index in [2.05, 4.69) is 20.3 Å². The zero-order valence-corrected chi connectivity index (χ0v) is 14.6. The van der Waals surface area contributed by atoms with Crippen molar-refractivity contribution < 1.29 is 4.39 Å². The molecular formula is C20H14ClFN4. The van der Waals surface area contributed by atoms with Crippen molar-refractivity contribution in [3.05, 3.63) is 71.8 Å². The monoisotopic (exact) mass is 364 g/mol. The van der Waals surface area contributed by atoms with Crippen molar-refractivity contribution in [1.82, 2.24) is 15.0 Å². The first-order valence-electron chi connectivity index (χ1n) is 8.01. The van der Waals surface area contributed by atoms with E-state index < -0.39 is 0 Å². The summed E-state index contributed by atoms with van der Waals surface area (Å²) in [6, 6.07) is 13.8. The lowest BCUT2D eigenvalue weighted by molar-refractivity contribution is 0.631. The SMILES string of the molecule is CNc1nc(-c2cccnc2)nc2cc(-c3cc(Cl)ccc3F)ccc12. The van der Waals surface area contributed by atoms with Gasteiger partial charge in [-0.1, -0.05) is 17.7 Å². The van der Waals surface area contributed by atoms with Crippen molar-refractivity contribution in [2.75, 3.05) is 12.4 Å². The first-order valence-corrected chi connectivity index (χ1v) is 8.39. The maximum Gasteiger partial charge on any atom is 0.163 e. The average molecular weight is 365 g/mol. The molecule has 0 radical (unpaired) electrons. The van der Waals surface area contributed by atoms with Crippen molar-refractivity contribution in [1.29, 1.82) is 0 Å². The molecule has 0 saturated heterocycles. The second-order valence-corrected chi connectivity index (χ2v) is 6.18. The Morgan fingerprint density at radius 3 is 2.65 bits per heavy atom. The molecule has 0 bridgehead atoms. The summed E-state index contributed by atoms with van der Waals surface area (Å²) in [4.78, 5) is 13.3. The third-order valence-electron chi connectivity index (χ3n) is 4.09. The molecule has 0 unspecified atom stereocenters. The molecule has 4 aromatic rings. The summed E-state index contributed by atoms with van der Waals surface area (Å²) < 4.78 is 14.2. The van der Waals surface area contributed by atoms with Gasteiger partial charge >= 0.3 is 0 Å². The quantitative estimate of drug-likeness (QED) is 0.543. The highest BCUT2D eigenvalue weighted by Gasteiger charge is 2.12. The van der Waals surface area contributed by atoms with E-state index in [0.29, 0.717) is 33.3 Å². The highest BCUT2D eigenvalue weighted by molar-refractivity contribution is 6.30. The van der Waals surface area contributed by atoms with Gasteiger partial charge in [-0.3, -0.25) is 4.98 Å². The minimum absolute atomic E-state index is 0.330. The molecule has 1 N–H and O–H groups in total. The number of benzene rings is 2. The first-order chi connectivity index (χ1) is 12.7. The standard InChI is InChI=1S/C20H14ClFN4/c1-23-20-15-6-4-12(16-10-14(21)5-7-17(16)22)9-18(15)25-19(26-20)13-3-2-8-24-11-13/h2-11H,1H3,(H,23,25,26). The van der Waals surface area contributed by atoms with Gasteiger partial charge in [0.15, 0.2) is 5.82 Å². The minimum Gasteiger partial charge on any atom is -0.373 e. The zero-order chi connectivity index (χ0) is 18.1. The number of nitrogens with one attached hydrogen (secondary N) is 1. The molecule has 0 aliphatic carbocycles. The Morgan fingerprint density at radius 2 is 1.88 bits per heavy atom. The van der Waals surface area contributed by atoms with Crippen LogP contribution in [0.3, 0.4) is 0 Å². The smallest absolute Gasteiger partial charge is 0.163 e. The molecule has 4 nitrogen and oxygen atoms in total. The lowest BCUT2D eigenvalue weighted by atomic mass is 10.0. The summed E-state index contributed by atoms with van der Waals surface area (Å²) in [6.07, 6.45) is 3.41. The molecule has 2 heterocycles. The van der Waals surface area contributed by atoms with E-state index in [0.717, 1.165) is 10.9 Å². The number of halogens is 2. The van der Waals surface area contributed by atoms with E-state index in [1.807, 2.05) is 30.3 Å². The van der Waals surface area contributed by atoms with Crippen LogP contribution in [0.1, 0.15) is 0 Å². The van der Waals surface area contributed by atoms with Crippen LogP contribution in [-0.4, -0.2) is 22.0 Å². The summed E-state index contributed by atoms with van der Waals surface area (Å²) >= 11 is 6.03. The van der Waals surface area contributed by atoms with E-state index >= 15 is 0 Å². The Morgan fingerprint density at radius 1 is 1.00 bits per heavy atom. The van der Waals surface area contributed by atoms with Crippen LogP contribution >= 0.6 is 11.6 Å². The molecule has 2 aromatic heterocycles. The van der Waals surface area contributed by atoms with Gasteiger partial charge in [-0.2, -0.15) is 0 Å². The molecule has 26 heavy (non-hydrogen) atoms. The van der Waals surface area contributed by atoms with Crippen molar-refractivity contribution in [2.45, 2.75) is 0 Å². The van der Waals surface area contributed by atoms with Crippen LogP contribution in [0.4, 0.5) is 10.2 Å². The van der Waals surface area contributed by atoms with Gasteiger partial charge < -0.3 is 5.32 Å². The largest absolute Gasteiger partial charge is 0.373 e. The van der Waals surface area contributed by atoms with Gasteiger partial charge in [0.05, 0.1) is 5.52 Å². The van der Waals surface area contributed by atoms with Crippen LogP contribution in [0.25, 0.3) is 33.4 Å². The number of rotatable bonds is 3. The third-order valence-corrected chi connectivity index (χ3v) is 4.33. The molecule has 0 amide bonds.